The number of hydrogen-bond donors (Lipinski definition) is 0. The van der Waals surface area contributed by atoms with Crippen molar-refractivity contribution in [1.82, 2.24) is 0 Å². The number of allylic oxidation sites excluding steroid dienone is 2. The summed E-state index contributed by atoms with van der Waals surface area (Å²) in [6.45, 7) is 4.78. The van der Waals surface area contributed by atoms with Gasteiger partial charge in [-0.25, -0.2) is 0 Å². The summed E-state index contributed by atoms with van der Waals surface area (Å²) >= 11 is -2.19. The minimum Gasteiger partial charge on any atom is -1.00 e. The van der Waals surface area contributed by atoms with Gasteiger partial charge < -0.3 is 24.8 Å². The maximum atomic E-state index is 2.51. The zero-order valence-corrected chi connectivity index (χ0v) is 21.1. The summed E-state index contributed by atoms with van der Waals surface area (Å²) in [5.41, 5.74) is 8.95. The van der Waals surface area contributed by atoms with E-state index < -0.39 is 21.3 Å². The van der Waals surface area contributed by atoms with Gasteiger partial charge in [0.1, 0.15) is 0 Å². The van der Waals surface area contributed by atoms with E-state index in [-0.39, 0.29) is 24.8 Å². The van der Waals surface area contributed by atoms with Gasteiger partial charge in [-0.15, -0.1) is 0 Å². The molecular formula is C27H24Cl2Zr. The summed E-state index contributed by atoms with van der Waals surface area (Å²) < 4.78 is 2.88. The third kappa shape index (κ3) is 4.01. The molecule has 0 fully saturated rings. The minimum atomic E-state index is -2.19. The first-order valence-electron chi connectivity index (χ1n) is 10.0. The molecule has 0 bridgehead atoms. The Balaban J connectivity index is 0.00000128. The molecule has 0 nitrogen and oxygen atoms in total. The first kappa shape index (κ1) is 23.1. The SMILES string of the molecule is CC1=Cc2ccccc2[CH]1/[Zr+2](=[C](\C)c1ccccc1)[CH]1C=Cc2ccccc21.[Cl-].[Cl-]. The third-order valence-electron chi connectivity index (χ3n) is 6.23. The van der Waals surface area contributed by atoms with E-state index in [4.69, 9.17) is 0 Å². The Labute approximate surface area is 199 Å². The van der Waals surface area contributed by atoms with Crippen molar-refractivity contribution in [1.29, 1.82) is 0 Å². The summed E-state index contributed by atoms with van der Waals surface area (Å²) in [7, 11) is 0. The van der Waals surface area contributed by atoms with E-state index in [1.165, 1.54) is 16.7 Å². The molecule has 2 atom stereocenters. The molecule has 0 aromatic heterocycles. The van der Waals surface area contributed by atoms with Crippen LogP contribution in [0.3, 0.4) is 0 Å². The summed E-state index contributed by atoms with van der Waals surface area (Å²) in [6, 6.07) is 29.2. The second-order valence-corrected chi connectivity index (χ2v) is 14.9. The zero-order valence-electron chi connectivity index (χ0n) is 17.1. The van der Waals surface area contributed by atoms with Gasteiger partial charge in [0.15, 0.2) is 0 Å². The smallest absolute Gasteiger partial charge is 1.00 e. The van der Waals surface area contributed by atoms with E-state index >= 15 is 0 Å². The first-order chi connectivity index (χ1) is 13.7. The number of fused-ring (bicyclic) bond motifs is 2. The molecule has 150 valence electrons. The number of hydrogen-bond acceptors (Lipinski definition) is 0. The quantitative estimate of drug-likeness (QED) is 0.489. The predicted molar refractivity (Wildman–Crippen MR) is 117 cm³/mol. The van der Waals surface area contributed by atoms with Crippen LogP contribution in [0.1, 0.15) is 48.9 Å². The largest absolute Gasteiger partial charge is 1.00 e. The molecule has 0 radical (unpaired) electrons. The molecule has 5 rings (SSSR count). The number of benzene rings is 3. The van der Waals surface area contributed by atoms with E-state index in [2.05, 4.69) is 111 Å². The Kier molecular flexibility index (Phi) is 7.51. The summed E-state index contributed by atoms with van der Waals surface area (Å²) in [5, 5.41) is 0. The molecule has 0 spiro atoms. The molecule has 3 aromatic carbocycles. The van der Waals surface area contributed by atoms with Crippen molar-refractivity contribution in [3.05, 3.63) is 118 Å². The summed E-state index contributed by atoms with van der Waals surface area (Å²) in [4.78, 5) is 0. The Morgan fingerprint density at radius 2 is 1.33 bits per heavy atom. The van der Waals surface area contributed by atoms with Crippen molar-refractivity contribution in [2.24, 2.45) is 0 Å². The topological polar surface area (TPSA) is 0 Å². The van der Waals surface area contributed by atoms with Crippen LogP contribution in [0.5, 0.6) is 0 Å². The maximum Gasteiger partial charge on any atom is -1.00 e. The monoisotopic (exact) mass is 508 g/mol. The van der Waals surface area contributed by atoms with E-state index in [1.54, 1.807) is 19.9 Å². The standard InChI is InChI=1S/C10H9.C9H7.C8H8.2ClH.Zr/c1-8-6-9-4-2-3-5-10(9)7-8;1-2-5-9-7-3-6-8(9)4-1;1-2-8-6-4-3-5-7-8;;;/h2-7H,1H3;1-7H;3-7H,1H3;2*1H;/q;;;;;+2/p-2. The fourth-order valence-corrected chi connectivity index (χ4v) is 14.3. The Bertz CT molecular complexity index is 1140. The van der Waals surface area contributed by atoms with Crippen LogP contribution in [0.25, 0.3) is 12.2 Å². The van der Waals surface area contributed by atoms with Crippen LogP contribution in [0.2, 0.25) is 0 Å². The van der Waals surface area contributed by atoms with Crippen molar-refractivity contribution in [3.8, 4) is 0 Å². The van der Waals surface area contributed by atoms with Gasteiger partial charge in [-0.2, -0.15) is 0 Å². The van der Waals surface area contributed by atoms with Gasteiger partial charge >= 0.3 is 176 Å². The Morgan fingerprint density at radius 1 is 0.733 bits per heavy atom. The Morgan fingerprint density at radius 3 is 2.07 bits per heavy atom. The molecule has 2 unspecified atom stereocenters. The predicted octanol–water partition coefficient (Wildman–Crippen LogP) is 0.780. The van der Waals surface area contributed by atoms with Gasteiger partial charge in [0.2, 0.25) is 0 Å². The minimum absolute atomic E-state index is 0. The van der Waals surface area contributed by atoms with E-state index in [0.29, 0.717) is 7.25 Å². The van der Waals surface area contributed by atoms with Crippen molar-refractivity contribution in [2.75, 3.05) is 0 Å². The molecule has 0 amide bonds. The van der Waals surface area contributed by atoms with Crippen LogP contribution < -0.4 is 24.8 Å². The molecule has 0 saturated carbocycles. The first-order valence-corrected chi connectivity index (χ1v) is 14.1. The van der Waals surface area contributed by atoms with Crippen LogP contribution in [0.4, 0.5) is 0 Å². The molecule has 2 aliphatic rings. The van der Waals surface area contributed by atoms with Crippen LogP contribution in [0.15, 0.2) is 90.5 Å². The van der Waals surface area contributed by atoms with Gasteiger partial charge in [0.25, 0.3) is 0 Å². The molecule has 3 heteroatoms. The Hall–Kier alpha value is -1.53. The van der Waals surface area contributed by atoms with Gasteiger partial charge in [-0.05, 0) is 0 Å². The maximum absolute atomic E-state index is 2.51. The van der Waals surface area contributed by atoms with Gasteiger partial charge in [-0.3, -0.25) is 0 Å². The van der Waals surface area contributed by atoms with Gasteiger partial charge in [0.05, 0.1) is 0 Å². The second-order valence-electron chi connectivity index (χ2n) is 7.86. The molecule has 3 aromatic rings. The average Bonchev–Trinajstić information content (AvgIpc) is 3.30. The normalized spacial score (nSPS) is 18.5. The van der Waals surface area contributed by atoms with Crippen LogP contribution in [-0.2, 0) is 21.3 Å². The van der Waals surface area contributed by atoms with Gasteiger partial charge in [-0.1, -0.05) is 0 Å². The molecule has 0 N–H and O–H groups in total. The van der Waals surface area contributed by atoms with Gasteiger partial charge in [0, 0.05) is 0 Å². The van der Waals surface area contributed by atoms with Crippen LogP contribution in [0, 0.1) is 0 Å². The van der Waals surface area contributed by atoms with Crippen LogP contribution >= 0.6 is 0 Å². The second kappa shape index (κ2) is 9.73. The van der Waals surface area contributed by atoms with Crippen molar-refractivity contribution in [2.45, 2.75) is 21.1 Å². The van der Waals surface area contributed by atoms with Crippen molar-refractivity contribution in [3.63, 3.8) is 0 Å². The van der Waals surface area contributed by atoms with E-state index in [0.717, 1.165) is 0 Å². The van der Waals surface area contributed by atoms with E-state index in [1.807, 2.05) is 0 Å². The van der Waals surface area contributed by atoms with E-state index in [9.17, 15) is 0 Å². The average molecular weight is 511 g/mol. The fraction of sp³-hybridized carbons (Fsp3) is 0.148. The van der Waals surface area contributed by atoms with Crippen LogP contribution in [-0.4, -0.2) is 3.21 Å². The number of halogens is 2. The molecule has 2 aliphatic carbocycles. The molecule has 0 saturated heterocycles. The summed E-state index contributed by atoms with van der Waals surface area (Å²) in [5.74, 6) is 0. The zero-order chi connectivity index (χ0) is 19.1. The molecule has 0 heterocycles. The number of rotatable bonds is 3. The molecule has 0 aliphatic heterocycles. The molecular weight excluding hydrogens is 486 g/mol. The fourth-order valence-electron chi connectivity index (χ4n) is 4.90. The van der Waals surface area contributed by atoms with Crippen molar-refractivity contribution >= 4 is 15.4 Å². The third-order valence-corrected chi connectivity index (χ3v) is 15.4. The van der Waals surface area contributed by atoms with Crippen molar-refractivity contribution < 1.29 is 46.1 Å². The summed E-state index contributed by atoms with van der Waals surface area (Å²) in [6.07, 6.45) is 7.31. The molecule has 30 heavy (non-hydrogen) atoms.